The first-order valence-electron chi connectivity index (χ1n) is 2.72. The second kappa shape index (κ2) is 2.93. The quantitative estimate of drug-likeness (QED) is 0.556. The molecule has 0 aliphatic rings. The zero-order chi connectivity index (χ0) is 6.69. The van der Waals surface area contributed by atoms with Crippen molar-refractivity contribution in [1.82, 2.24) is 0 Å². The van der Waals surface area contributed by atoms with Crippen molar-refractivity contribution in [3.05, 3.63) is 24.3 Å². The zero-order valence-corrected chi connectivity index (χ0v) is 7.72. The number of benzene rings is 1. The Morgan fingerprint density at radius 3 is 2.22 bits per heavy atom. The van der Waals surface area contributed by atoms with Gasteiger partial charge in [0.15, 0.2) is 0 Å². The van der Waals surface area contributed by atoms with Gasteiger partial charge in [-0.1, -0.05) is 0 Å². The predicted molar refractivity (Wildman–Crippen MR) is 41.2 cm³/mol. The van der Waals surface area contributed by atoms with Gasteiger partial charge < -0.3 is 0 Å². The Bertz CT molecular complexity index is 181. The summed E-state index contributed by atoms with van der Waals surface area (Å²) in [4.78, 5) is 0. The second-order valence-corrected chi connectivity index (χ2v) is 3.17. The van der Waals surface area contributed by atoms with E-state index in [1.54, 1.807) is 24.0 Å². The van der Waals surface area contributed by atoms with E-state index in [0.717, 1.165) is 5.75 Å². The summed E-state index contributed by atoms with van der Waals surface area (Å²) < 4.78 is 6.30. The standard InChI is InChI=1S/C7H9AsO/c1-9-7-4-2-6(8)3-5-7/h2-5H,8H2,1H3. The summed E-state index contributed by atoms with van der Waals surface area (Å²) >= 11 is 1.63. The molecule has 1 rings (SSSR count). The van der Waals surface area contributed by atoms with Crippen molar-refractivity contribution < 1.29 is 4.74 Å². The number of hydrogen-bond donors (Lipinski definition) is 0. The summed E-state index contributed by atoms with van der Waals surface area (Å²) in [7, 11) is 1.68. The summed E-state index contributed by atoms with van der Waals surface area (Å²) in [5.74, 6) is 0.927. The van der Waals surface area contributed by atoms with Gasteiger partial charge in [0, 0.05) is 0 Å². The van der Waals surface area contributed by atoms with E-state index < -0.39 is 0 Å². The first kappa shape index (κ1) is 6.70. The van der Waals surface area contributed by atoms with E-state index in [4.69, 9.17) is 4.74 Å². The van der Waals surface area contributed by atoms with E-state index in [0.29, 0.717) is 0 Å². The third-order valence-electron chi connectivity index (χ3n) is 1.12. The molecule has 0 aliphatic heterocycles. The Labute approximate surface area is 63.5 Å². The Morgan fingerprint density at radius 2 is 1.78 bits per heavy atom. The molecule has 1 atom stereocenters. The van der Waals surface area contributed by atoms with Gasteiger partial charge >= 0.3 is 63.1 Å². The van der Waals surface area contributed by atoms with E-state index in [9.17, 15) is 0 Å². The molecule has 0 spiro atoms. The Morgan fingerprint density at radius 1 is 1.22 bits per heavy atom. The van der Waals surface area contributed by atoms with Crippen LogP contribution in [0, 0.1) is 0 Å². The zero-order valence-electron chi connectivity index (χ0n) is 5.29. The van der Waals surface area contributed by atoms with Gasteiger partial charge in [0.1, 0.15) is 0 Å². The molecule has 0 aliphatic carbocycles. The summed E-state index contributed by atoms with van der Waals surface area (Å²) in [6.07, 6.45) is 0. The Kier molecular flexibility index (Phi) is 2.18. The van der Waals surface area contributed by atoms with Crippen molar-refractivity contribution in [1.29, 1.82) is 0 Å². The van der Waals surface area contributed by atoms with E-state index in [1.807, 2.05) is 12.1 Å². The van der Waals surface area contributed by atoms with Crippen molar-refractivity contribution in [2.75, 3.05) is 7.11 Å². The third kappa shape index (κ3) is 1.76. The fraction of sp³-hybridized carbons (Fsp3) is 0.143. The summed E-state index contributed by atoms with van der Waals surface area (Å²) in [5, 5.41) is 0. The van der Waals surface area contributed by atoms with Crippen molar-refractivity contribution in [2.24, 2.45) is 0 Å². The van der Waals surface area contributed by atoms with E-state index >= 15 is 0 Å². The number of methoxy groups -OCH3 is 1. The molecule has 1 aromatic rings. The van der Waals surface area contributed by atoms with Crippen LogP contribution in [0.3, 0.4) is 0 Å². The van der Waals surface area contributed by atoms with Crippen molar-refractivity contribution >= 4 is 21.2 Å². The molecule has 2 heteroatoms. The van der Waals surface area contributed by atoms with Gasteiger partial charge in [-0.2, -0.15) is 0 Å². The maximum atomic E-state index is 4.98. The van der Waals surface area contributed by atoms with Crippen molar-refractivity contribution in [2.45, 2.75) is 0 Å². The molecule has 0 amide bonds. The molecule has 0 saturated heterocycles. The monoisotopic (exact) mass is 184 g/mol. The molecule has 48 valence electrons. The van der Waals surface area contributed by atoms with Crippen LogP contribution in [0.2, 0.25) is 0 Å². The van der Waals surface area contributed by atoms with Crippen molar-refractivity contribution in [3.63, 3.8) is 0 Å². The van der Waals surface area contributed by atoms with Crippen LogP contribution < -0.4 is 9.09 Å². The fourth-order valence-electron chi connectivity index (χ4n) is 0.604. The van der Waals surface area contributed by atoms with Crippen LogP contribution in [0.1, 0.15) is 0 Å². The SMILES string of the molecule is COc1ccc([AsH2])cc1. The molecule has 9 heavy (non-hydrogen) atoms. The minimum atomic E-state index is 0.927. The van der Waals surface area contributed by atoms with Crippen LogP contribution >= 0.6 is 0 Å². The van der Waals surface area contributed by atoms with Crippen LogP contribution in [0.5, 0.6) is 5.75 Å². The Hall–Kier alpha value is -0.422. The molecule has 0 bridgehead atoms. The summed E-state index contributed by atoms with van der Waals surface area (Å²) in [5.41, 5.74) is 0. The fourth-order valence-corrected chi connectivity index (χ4v) is 1.01. The Balaban J connectivity index is 2.88. The third-order valence-corrected chi connectivity index (χ3v) is 1.92. The van der Waals surface area contributed by atoms with E-state index in [2.05, 4.69) is 12.1 Å². The molecule has 0 fully saturated rings. The minimum absolute atomic E-state index is 0.927. The van der Waals surface area contributed by atoms with Gasteiger partial charge in [-0.25, -0.2) is 0 Å². The van der Waals surface area contributed by atoms with Gasteiger partial charge in [0.25, 0.3) is 0 Å². The van der Waals surface area contributed by atoms with Crippen LogP contribution in [-0.4, -0.2) is 24.0 Å². The number of ether oxygens (including phenoxy) is 1. The van der Waals surface area contributed by atoms with Gasteiger partial charge in [-0.3, -0.25) is 0 Å². The van der Waals surface area contributed by atoms with Gasteiger partial charge in [0.05, 0.1) is 0 Å². The number of hydrogen-bond acceptors (Lipinski definition) is 1. The average molecular weight is 184 g/mol. The van der Waals surface area contributed by atoms with E-state index in [1.165, 1.54) is 4.35 Å². The van der Waals surface area contributed by atoms with Gasteiger partial charge in [0.2, 0.25) is 0 Å². The van der Waals surface area contributed by atoms with Crippen LogP contribution in [0.4, 0.5) is 0 Å². The molecular weight excluding hydrogens is 175 g/mol. The molecule has 1 nitrogen and oxygen atoms in total. The molecule has 1 aromatic carbocycles. The van der Waals surface area contributed by atoms with Crippen molar-refractivity contribution in [3.8, 4) is 5.75 Å². The molecule has 0 heterocycles. The molecular formula is C7H9AsO. The van der Waals surface area contributed by atoms with Gasteiger partial charge in [-0.15, -0.1) is 0 Å². The van der Waals surface area contributed by atoms with E-state index in [-0.39, 0.29) is 0 Å². The molecule has 0 saturated carbocycles. The van der Waals surface area contributed by atoms with Crippen LogP contribution in [0.15, 0.2) is 24.3 Å². The summed E-state index contributed by atoms with van der Waals surface area (Å²) in [6, 6.07) is 8.05. The maximum absolute atomic E-state index is 4.98. The summed E-state index contributed by atoms with van der Waals surface area (Å²) in [6.45, 7) is 0. The molecule has 0 radical (unpaired) electrons. The average Bonchev–Trinajstić information content (AvgIpc) is 1.90. The predicted octanol–water partition coefficient (Wildman–Crippen LogP) is -0.0464. The second-order valence-electron chi connectivity index (χ2n) is 1.77. The molecule has 0 aromatic heterocycles. The molecule has 0 N–H and O–H groups in total. The molecule has 1 unspecified atom stereocenters. The number of rotatable bonds is 1. The first-order valence-corrected chi connectivity index (χ1v) is 3.93. The topological polar surface area (TPSA) is 9.23 Å². The normalized spacial score (nSPS) is 9.11. The van der Waals surface area contributed by atoms with Gasteiger partial charge in [-0.05, 0) is 0 Å². The van der Waals surface area contributed by atoms with Crippen LogP contribution in [0.25, 0.3) is 0 Å². The first-order chi connectivity index (χ1) is 4.33. The van der Waals surface area contributed by atoms with Crippen LogP contribution in [-0.2, 0) is 0 Å².